The van der Waals surface area contributed by atoms with Gasteiger partial charge in [0.2, 0.25) is 5.28 Å². The molecule has 0 aliphatic carbocycles. The highest BCUT2D eigenvalue weighted by Crippen LogP contribution is 2.30. The summed E-state index contributed by atoms with van der Waals surface area (Å²) in [6.07, 6.45) is 0. The second kappa shape index (κ2) is 8.10. The second-order valence-electron chi connectivity index (χ2n) is 5.35. The maximum absolute atomic E-state index is 12.5. The van der Waals surface area contributed by atoms with Crippen LogP contribution in [-0.4, -0.2) is 23.9 Å². The van der Waals surface area contributed by atoms with E-state index in [1.54, 1.807) is 6.07 Å². The van der Waals surface area contributed by atoms with Crippen molar-refractivity contribution in [2.75, 3.05) is 0 Å². The molecule has 1 aromatic heterocycles. The van der Waals surface area contributed by atoms with Crippen LogP contribution in [0, 0.1) is 0 Å². The quantitative estimate of drug-likeness (QED) is 0.531. The maximum Gasteiger partial charge on any atom is 0.286 e. The summed E-state index contributed by atoms with van der Waals surface area (Å²) in [4.78, 5) is 16.1. The van der Waals surface area contributed by atoms with Crippen molar-refractivity contribution in [2.45, 2.75) is 4.90 Å². The molecule has 1 heterocycles. The van der Waals surface area contributed by atoms with Crippen LogP contribution >= 0.6 is 58.0 Å². The molecule has 0 aliphatic heterocycles. The fourth-order valence-corrected chi connectivity index (χ4v) is 4.90. The average molecular weight is 500 g/mol. The van der Waals surface area contributed by atoms with Gasteiger partial charge in [0.25, 0.3) is 15.9 Å². The van der Waals surface area contributed by atoms with Crippen molar-refractivity contribution in [2.24, 2.45) is 0 Å². The van der Waals surface area contributed by atoms with Gasteiger partial charge in [-0.2, -0.15) is 0 Å². The molecule has 0 saturated heterocycles. The third kappa shape index (κ3) is 4.25. The van der Waals surface area contributed by atoms with Gasteiger partial charge in [-0.25, -0.2) is 18.1 Å². The Bertz CT molecular complexity index is 1170. The molecule has 0 radical (unpaired) electrons. The zero-order valence-electron chi connectivity index (χ0n) is 13.5. The number of imidazole rings is 1. The smallest absolute Gasteiger partial charge is 0.273 e. The van der Waals surface area contributed by atoms with Crippen molar-refractivity contribution in [1.29, 1.82) is 0 Å². The number of hydrogen-bond donors (Lipinski definition) is 1. The summed E-state index contributed by atoms with van der Waals surface area (Å²) in [5.41, 5.74) is -0.0635. The summed E-state index contributed by atoms with van der Waals surface area (Å²) in [5.74, 6) is -1.08. The molecule has 0 atom stereocenters. The number of benzene rings is 2. The number of rotatable bonds is 4. The van der Waals surface area contributed by atoms with Crippen molar-refractivity contribution < 1.29 is 13.2 Å². The SMILES string of the molecule is O=C(NS(=O)(=O)c1ccccc1Cl)c1nc(Cl)n(-c2cc(Cl)cc(Cl)c2)c1Cl. The number of carbonyl (C=O) groups excluding carboxylic acids is 1. The third-order valence-electron chi connectivity index (χ3n) is 3.45. The highest BCUT2D eigenvalue weighted by atomic mass is 35.5. The number of halogens is 5. The van der Waals surface area contributed by atoms with E-state index < -0.39 is 21.6 Å². The first-order chi connectivity index (χ1) is 13.1. The number of aromatic nitrogens is 2. The Kier molecular flexibility index (Phi) is 6.14. The zero-order chi connectivity index (χ0) is 20.6. The van der Waals surface area contributed by atoms with Gasteiger partial charge in [-0.1, -0.05) is 58.5 Å². The Balaban J connectivity index is 1.99. The molecule has 3 rings (SSSR count). The summed E-state index contributed by atoms with van der Waals surface area (Å²) < 4.78 is 27.9. The van der Waals surface area contributed by atoms with Crippen LogP contribution in [0.25, 0.3) is 5.69 Å². The van der Waals surface area contributed by atoms with Crippen LogP contribution in [0.3, 0.4) is 0 Å². The topological polar surface area (TPSA) is 81.1 Å². The first kappa shape index (κ1) is 21.2. The van der Waals surface area contributed by atoms with Crippen molar-refractivity contribution in [3.63, 3.8) is 0 Å². The summed E-state index contributed by atoms with van der Waals surface area (Å²) in [6.45, 7) is 0. The van der Waals surface area contributed by atoms with Gasteiger partial charge in [-0.05, 0) is 41.9 Å². The van der Waals surface area contributed by atoms with Gasteiger partial charge in [0.05, 0.1) is 10.7 Å². The van der Waals surface area contributed by atoms with Crippen molar-refractivity contribution in [1.82, 2.24) is 14.3 Å². The van der Waals surface area contributed by atoms with E-state index in [4.69, 9.17) is 58.0 Å². The van der Waals surface area contributed by atoms with Crippen molar-refractivity contribution >= 4 is 73.9 Å². The molecule has 0 aliphatic rings. The van der Waals surface area contributed by atoms with Gasteiger partial charge in [-0.15, -0.1) is 0 Å². The standard InChI is InChI=1S/C16H8Cl5N3O3S/c17-8-5-9(18)7-10(6-8)24-14(20)13(22-16(24)21)15(25)23-28(26,27)12-4-2-1-3-11(12)19/h1-7H,(H,23,25). The first-order valence-corrected chi connectivity index (χ1v) is 10.7. The van der Waals surface area contributed by atoms with E-state index in [1.165, 1.54) is 41.0 Å². The summed E-state index contributed by atoms with van der Waals surface area (Å²) >= 11 is 30.1. The molecule has 28 heavy (non-hydrogen) atoms. The molecular weight excluding hydrogens is 492 g/mol. The van der Waals surface area contributed by atoms with Gasteiger partial charge in [-0.3, -0.25) is 9.36 Å². The van der Waals surface area contributed by atoms with Crippen LogP contribution in [0.2, 0.25) is 25.5 Å². The number of hydrogen-bond acceptors (Lipinski definition) is 4. The van der Waals surface area contributed by atoms with E-state index in [-0.39, 0.29) is 20.4 Å². The normalized spacial score (nSPS) is 11.5. The number of sulfonamides is 1. The van der Waals surface area contributed by atoms with Crippen LogP contribution in [-0.2, 0) is 10.0 Å². The molecule has 1 amide bonds. The van der Waals surface area contributed by atoms with Crippen LogP contribution < -0.4 is 4.72 Å². The molecule has 0 saturated carbocycles. The van der Waals surface area contributed by atoms with E-state index in [2.05, 4.69) is 4.98 Å². The lowest BCUT2D eigenvalue weighted by Gasteiger charge is -2.08. The molecule has 0 fully saturated rings. The van der Waals surface area contributed by atoms with Crippen molar-refractivity contribution in [3.8, 4) is 5.69 Å². The van der Waals surface area contributed by atoms with Gasteiger partial charge < -0.3 is 0 Å². The number of nitrogens with zero attached hydrogens (tertiary/aromatic N) is 2. The largest absolute Gasteiger partial charge is 0.286 e. The van der Waals surface area contributed by atoms with E-state index in [0.717, 1.165) is 0 Å². The summed E-state index contributed by atoms with van der Waals surface area (Å²) in [6, 6.07) is 10.1. The predicted octanol–water partition coefficient (Wildman–Crippen LogP) is 5.26. The lowest BCUT2D eigenvalue weighted by Crippen LogP contribution is -2.31. The Morgan fingerprint density at radius 3 is 2.18 bits per heavy atom. The van der Waals surface area contributed by atoms with E-state index >= 15 is 0 Å². The van der Waals surface area contributed by atoms with E-state index in [1.807, 2.05) is 4.72 Å². The molecule has 2 aromatic carbocycles. The third-order valence-corrected chi connectivity index (χ3v) is 6.32. The lowest BCUT2D eigenvalue weighted by atomic mass is 10.3. The molecule has 6 nitrogen and oxygen atoms in total. The van der Waals surface area contributed by atoms with Crippen LogP contribution in [0.15, 0.2) is 47.4 Å². The summed E-state index contributed by atoms with van der Waals surface area (Å²) in [7, 11) is -4.26. The Morgan fingerprint density at radius 1 is 0.964 bits per heavy atom. The summed E-state index contributed by atoms with van der Waals surface area (Å²) in [5, 5.41) is 0.135. The fourth-order valence-electron chi connectivity index (χ4n) is 2.30. The minimum atomic E-state index is -4.26. The molecule has 0 spiro atoms. The molecular formula is C16H8Cl5N3O3S. The molecule has 3 aromatic rings. The number of carbonyl (C=O) groups is 1. The average Bonchev–Trinajstić information content (AvgIpc) is 2.88. The maximum atomic E-state index is 12.5. The minimum Gasteiger partial charge on any atom is -0.273 e. The molecule has 0 bridgehead atoms. The van der Waals surface area contributed by atoms with Gasteiger partial charge in [0.15, 0.2) is 5.69 Å². The van der Waals surface area contributed by atoms with Crippen LogP contribution in [0.4, 0.5) is 0 Å². The number of nitrogens with one attached hydrogen (secondary N) is 1. The predicted molar refractivity (Wildman–Crippen MR) is 110 cm³/mol. The molecule has 1 N–H and O–H groups in total. The molecule has 146 valence electrons. The van der Waals surface area contributed by atoms with Crippen LogP contribution in [0.5, 0.6) is 0 Å². The highest BCUT2D eigenvalue weighted by Gasteiger charge is 2.27. The van der Waals surface area contributed by atoms with E-state index in [9.17, 15) is 13.2 Å². The Labute approximate surface area is 185 Å². The first-order valence-electron chi connectivity index (χ1n) is 7.32. The van der Waals surface area contributed by atoms with Gasteiger partial charge in [0, 0.05) is 10.0 Å². The Hall–Kier alpha value is -1.48. The van der Waals surface area contributed by atoms with Gasteiger partial charge >= 0.3 is 0 Å². The highest BCUT2D eigenvalue weighted by molar-refractivity contribution is 7.90. The minimum absolute atomic E-state index is 0.0500. The van der Waals surface area contributed by atoms with Gasteiger partial charge in [0.1, 0.15) is 10.0 Å². The van der Waals surface area contributed by atoms with Crippen LogP contribution in [0.1, 0.15) is 10.5 Å². The fraction of sp³-hybridized carbons (Fsp3) is 0. The monoisotopic (exact) mass is 497 g/mol. The Morgan fingerprint density at radius 2 is 1.57 bits per heavy atom. The van der Waals surface area contributed by atoms with E-state index in [0.29, 0.717) is 15.7 Å². The molecule has 0 unspecified atom stereocenters. The number of amides is 1. The lowest BCUT2D eigenvalue weighted by molar-refractivity contribution is 0.0977. The molecule has 12 heteroatoms. The van der Waals surface area contributed by atoms with Crippen molar-refractivity contribution in [3.05, 3.63) is 73.7 Å². The zero-order valence-corrected chi connectivity index (χ0v) is 18.1. The second-order valence-corrected chi connectivity index (χ2v) is 8.98.